The Morgan fingerprint density at radius 3 is 2.03 bits per heavy atom. The summed E-state index contributed by atoms with van der Waals surface area (Å²) in [5, 5.41) is 3.02. The molecule has 0 aliphatic heterocycles. The number of aryl methyl sites for hydroxylation is 3. The van der Waals surface area contributed by atoms with Crippen LogP contribution in [-0.4, -0.2) is 14.3 Å². The molecule has 3 rings (SSSR count). The fraction of sp³-hybridized carbons (Fsp3) is 0.240. The Morgan fingerprint density at radius 1 is 0.871 bits per heavy atom. The molecule has 0 spiro atoms. The standard InChI is InChI=1S/C25H28N2O3S/c1-5-23(20-11-6-17(2)7-12-20)26-25(28)21-13-10-19(4)24(16-21)31(29,30)27-22-14-8-18(3)9-15-22/h6-16,23,27H,5H2,1-4H3,(H,26,28)/t23-/m0/s1. The summed E-state index contributed by atoms with van der Waals surface area (Å²) in [5.41, 5.74) is 4.56. The van der Waals surface area contributed by atoms with Gasteiger partial charge in [0.25, 0.3) is 15.9 Å². The van der Waals surface area contributed by atoms with Crippen LogP contribution in [0.2, 0.25) is 0 Å². The molecule has 2 N–H and O–H groups in total. The number of benzene rings is 3. The molecule has 0 fully saturated rings. The highest BCUT2D eigenvalue weighted by Crippen LogP contribution is 2.23. The second kappa shape index (κ2) is 9.35. The van der Waals surface area contributed by atoms with E-state index in [1.165, 1.54) is 6.07 Å². The average Bonchev–Trinajstić information content (AvgIpc) is 2.74. The largest absolute Gasteiger partial charge is 0.345 e. The first-order valence-electron chi connectivity index (χ1n) is 10.3. The number of hydrogen-bond acceptors (Lipinski definition) is 3. The number of hydrogen-bond donors (Lipinski definition) is 2. The molecule has 0 aliphatic carbocycles. The molecular weight excluding hydrogens is 408 g/mol. The Morgan fingerprint density at radius 2 is 1.45 bits per heavy atom. The van der Waals surface area contributed by atoms with Crippen LogP contribution in [0.15, 0.2) is 71.6 Å². The molecule has 1 atom stereocenters. The first kappa shape index (κ1) is 22.6. The number of carbonyl (C=O) groups excluding carboxylic acids is 1. The summed E-state index contributed by atoms with van der Waals surface area (Å²) < 4.78 is 28.5. The van der Waals surface area contributed by atoms with Gasteiger partial charge in [0.2, 0.25) is 0 Å². The lowest BCUT2D eigenvalue weighted by molar-refractivity contribution is 0.0935. The van der Waals surface area contributed by atoms with E-state index in [4.69, 9.17) is 0 Å². The summed E-state index contributed by atoms with van der Waals surface area (Å²) in [5.74, 6) is -0.306. The normalized spacial score (nSPS) is 12.3. The molecule has 3 aromatic rings. The first-order chi connectivity index (χ1) is 14.7. The maximum absolute atomic E-state index is 13.0. The summed E-state index contributed by atoms with van der Waals surface area (Å²) >= 11 is 0. The lowest BCUT2D eigenvalue weighted by atomic mass is 10.0. The molecule has 0 saturated heterocycles. The molecule has 1 amide bonds. The molecule has 3 aromatic carbocycles. The van der Waals surface area contributed by atoms with Crippen LogP contribution in [0.4, 0.5) is 5.69 Å². The van der Waals surface area contributed by atoms with E-state index in [1.54, 1.807) is 31.2 Å². The van der Waals surface area contributed by atoms with Gasteiger partial charge < -0.3 is 5.32 Å². The van der Waals surface area contributed by atoms with E-state index in [2.05, 4.69) is 10.0 Å². The summed E-state index contributed by atoms with van der Waals surface area (Å²) in [6, 6.07) is 19.7. The predicted molar refractivity (Wildman–Crippen MR) is 125 cm³/mol. The van der Waals surface area contributed by atoms with Gasteiger partial charge in [-0.05, 0) is 62.6 Å². The van der Waals surface area contributed by atoms with Crippen molar-refractivity contribution in [3.8, 4) is 0 Å². The van der Waals surface area contributed by atoms with Crippen LogP contribution in [0.25, 0.3) is 0 Å². The van der Waals surface area contributed by atoms with Crippen LogP contribution in [0, 0.1) is 20.8 Å². The van der Waals surface area contributed by atoms with Gasteiger partial charge >= 0.3 is 0 Å². The highest BCUT2D eigenvalue weighted by Gasteiger charge is 2.21. The van der Waals surface area contributed by atoms with E-state index in [1.807, 2.05) is 57.2 Å². The van der Waals surface area contributed by atoms with Crippen LogP contribution in [0.1, 0.15) is 52.0 Å². The second-order valence-electron chi connectivity index (χ2n) is 7.80. The van der Waals surface area contributed by atoms with E-state index in [9.17, 15) is 13.2 Å². The summed E-state index contributed by atoms with van der Waals surface area (Å²) in [7, 11) is -3.83. The van der Waals surface area contributed by atoms with Crippen molar-refractivity contribution < 1.29 is 13.2 Å². The van der Waals surface area contributed by atoms with E-state index < -0.39 is 10.0 Å². The van der Waals surface area contributed by atoms with Crippen molar-refractivity contribution >= 4 is 21.6 Å². The molecule has 162 valence electrons. The average molecular weight is 437 g/mol. The molecule has 0 aliphatic rings. The molecule has 5 nitrogen and oxygen atoms in total. The molecule has 0 bridgehead atoms. The monoisotopic (exact) mass is 436 g/mol. The minimum Gasteiger partial charge on any atom is -0.345 e. The molecule has 0 aromatic heterocycles. The third-order valence-corrected chi connectivity index (χ3v) is 6.76. The zero-order valence-electron chi connectivity index (χ0n) is 18.3. The van der Waals surface area contributed by atoms with Gasteiger partial charge in [-0.3, -0.25) is 9.52 Å². The zero-order chi connectivity index (χ0) is 22.6. The van der Waals surface area contributed by atoms with Gasteiger partial charge in [0.1, 0.15) is 0 Å². The minimum atomic E-state index is -3.83. The maximum Gasteiger partial charge on any atom is 0.262 e. The van der Waals surface area contributed by atoms with E-state index in [-0.39, 0.29) is 16.8 Å². The van der Waals surface area contributed by atoms with E-state index in [0.717, 1.165) is 23.1 Å². The Labute approximate surface area is 184 Å². The van der Waals surface area contributed by atoms with Gasteiger partial charge in [-0.1, -0.05) is 60.5 Å². The van der Waals surface area contributed by atoms with Gasteiger partial charge in [-0.2, -0.15) is 0 Å². The Bertz CT molecular complexity index is 1170. The lowest BCUT2D eigenvalue weighted by Crippen LogP contribution is -2.28. The summed E-state index contributed by atoms with van der Waals surface area (Å²) in [4.78, 5) is 13.0. The number of amides is 1. The molecule has 0 heterocycles. The van der Waals surface area contributed by atoms with Crippen molar-refractivity contribution in [3.05, 3.63) is 94.5 Å². The number of rotatable bonds is 7. The third-order valence-electron chi connectivity index (χ3n) is 5.24. The molecule has 6 heteroatoms. The van der Waals surface area contributed by atoms with Crippen LogP contribution >= 0.6 is 0 Å². The van der Waals surface area contributed by atoms with Crippen LogP contribution in [-0.2, 0) is 10.0 Å². The van der Waals surface area contributed by atoms with Crippen molar-refractivity contribution in [2.24, 2.45) is 0 Å². The minimum absolute atomic E-state index is 0.0871. The van der Waals surface area contributed by atoms with Crippen LogP contribution < -0.4 is 10.0 Å². The highest BCUT2D eigenvalue weighted by molar-refractivity contribution is 7.92. The smallest absolute Gasteiger partial charge is 0.262 e. The molecular formula is C25H28N2O3S. The quantitative estimate of drug-likeness (QED) is 0.528. The predicted octanol–water partition coefficient (Wildman–Crippen LogP) is 5.29. The first-order valence-corrected chi connectivity index (χ1v) is 11.8. The fourth-order valence-corrected chi connectivity index (χ4v) is 4.65. The zero-order valence-corrected chi connectivity index (χ0v) is 19.1. The summed E-state index contributed by atoms with van der Waals surface area (Å²) in [6.07, 6.45) is 0.723. The van der Waals surface area contributed by atoms with E-state index in [0.29, 0.717) is 16.8 Å². The topological polar surface area (TPSA) is 75.3 Å². The lowest BCUT2D eigenvalue weighted by Gasteiger charge is -2.18. The molecule has 0 unspecified atom stereocenters. The highest BCUT2D eigenvalue weighted by atomic mass is 32.2. The number of anilines is 1. The number of carbonyl (C=O) groups is 1. The van der Waals surface area contributed by atoms with Gasteiger partial charge in [0.15, 0.2) is 0 Å². The van der Waals surface area contributed by atoms with Crippen molar-refractivity contribution in [3.63, 3.8) is 0 Å². The van der Waals surface area contributed by atoms with E-state index >= 15 is 0 Å². The van der Waals surface area contributed by atoms with Crippen LogP contribution in [0.3, 0.4) is 0 Å². The molecule has 31 heavy (non-hydrogen) atoms. The number of nitrogens with one attached hydrogen (secondary N) is 2. The number of sulfonamides is 1. The summed E-state index contributed by atoms with van der Waals surface area (Å²) in [6.45, 7) is 7.67. The van der Waals surface area contributed by atoms with Gasteiger partial charge in [-0.15, -0.1) is 0 Å². The Hall–Kier alpha value is -3.12. The van der Waals surface area contributed by atoms with Crippen molar-refractivity contribution in [1.29, 1.82) is 0 Å². The Kier molecular flexibility index (Phi) is 6.81. The maximum atomic E-state index is 13.0. The van der Waals surface area contributed by atoms with Gasteiger partial charge in [0, 0.05) is 11.3 Å². The second-order valence-corrected chi connectivity index (χ2v) is 9.45. The van der Waals surface area contributed by atoms with Crippen molar-refractivity contribution in [2.75, 3.05) is 4.72 Å². The Balaban J connectivity index is 1.84. The SMILES string of the molecule is CC[C@H](NC(=O)c1ccc(C)c(S(=O)(=O)Nc2ccc(C)cc2)c1)c1ccc(C)cc1. The third kappa shape index (κ3) is 5.52. The fourth-order valence-electron chi connectivity index (χ4n) is 3.32. The molecule has 0 radical (unpaired) electrons. The van der Waals surface area contributed by atoms with Crippen LogP contribution in [0.5, 0.6) is 0 Å². The van der Waals surface area contributed by atoms with Gasteiger partial charge in [0.05, 0.1) is 10.9 Å². The van der Waals surface area contributed by atoms with Gasteiger partial charge in [-0.25, -0.2) is 8.42 Å². The molecule has 0 saturated carbocycles. The van der Waals surface area contributed by atoms with Crippen molar-refractivity contribution in [1.82, 2.24) is 5.32 Å². The van der Waals surface area contributed by atoms with Crippen molar-refractivity contribution in [2.45, 2.75) is 45.1 Å².